The van der Waals surface area contributed by atoms with Crippen LogP contribution in [0.2, 0.25) is 5.54 Å². The molecule has 0 aromatic heterocycles. The third kappa shape index (κ3) is 4.53. The van der Waals surface area contributed by atoms with Crippen LogP contribution < -0.4 is 0 Å². The first kappa shape index (κ1) is 16.4. The van der Waals surface area contributed by atoms with Gasteiger partial charge in [0.15, 0.2) is 9.76 Å². The molecule has 1 saturated carbocycles. The first-order chi connectivity index (χ1) is 9.58. The average Bonchev–Trinajstić information content (AvgIpc) is 3.21. The van der Waals surface area contributed by atoms with Crippen LogP contribution in [0.15, 0.2) is 0 Å². The van der Waals surface area contributed by atoms with Crippen molar-refractivity contribution in [3.63, 3.8) is 0 Å². The van der Waals surface area contributed by atoms with Gasteiger partial charge in [-0.3, -0.25) is 0 Å². The highest BCUT2D eigenvalue weighted by Gasteiger charge is 2.43. The van der Waals surface area contributed by atoms with E-state index in [1.165, 1.54) is 25.7 Å². The van der Waals surface area contributed by atoms with Gasteiger partial charge in [0.25, 0.3) is 5.97 Å². The quantitative estimate of drug-likeness (QED) is 0.373. The molecular formula is C15H30O4Si. The third-order valence-corrected chi connectivity index (χ3v) is 5.74. The zero-order valence-corrected chi connectivity index (χ0v) is 14.8. The Labute approximate surface area is 125 Å². The van der Waals surface area contributed by atoms with Crippen LogP contribution in [0.3, 0.4) is 0 Å². The fraction of sp³-hybridized carbons (Fsp3) is 1.00. The summed E-state index contributed by atoms with van der Waals surface area (Å²) in [5.74, 6) is 0.0107. The molecule has 0 radical (unpaired) electrons. The summed E-state index contributed by atoms with van der Waals surface area (Å²) in [6.07, 6.45) is 8.15. The molecule has 1 heterocycles. The summed E-state index contributed by atoms with van der Waals surface area (Å²) >= 11 is 0. The van der Waals surface area contributed by atoms with Gasteiger partial charge in [-0.1, -0.05) is 20.3 Å². The van der Waals surface area contributed by atoms with Crippen LogP contribution in [-0.4, -0.2) is 42.2 Å². The molecule has 118 valence electrons. The molecule has 0 spiro atoms. The molecule has 0 aromatic carbocycles. The molecule has 0 N–H and O–H groups in total. The second-order valence-corrected chi connectivity index (χ2v) is 8.84. The van der Waals surface area contributed by atoms with E-state index in [0.717, 1.165) is 18.8 Å². The molecule has 5 heteroatoms. The van der Waals surface area contributed by atoms with Crippen LogP contribution in [0, 0.1) is 5.92 Å². The maximum absolute atomic E-state index is 5.98. The first-order valence-electron chi connectivity index (χ1n) is 7.98. The molecular weight excluding hydrogens is 272 g/mol. The van der Waals surface area contributed by atoms with Crippen molar-refractivity contribution in [3.05, 3.63) is 0 Å². The Kier molecular flexibility index (Phi) is 6.04. The molecule has 1 aliphatic carbocycles. The topological polar surface area (TPSA) is 40.2 Å². The van der Waals surface area contributed by atoms with Gasteiger partial charge in [0.05, 0.1) is 12.2 Å². The maximum Gasteiger partial charge on any atom is 0.272 e. The Bertz CT molecular complexity index is 294. The summed E-state index contributed by atoms with van der Waals surface area (Å²) in [6, 6.07) is 0. The van der Waals surface area contributed by atoms with Gasteiger partial charge in [-0.2, -0.15) is 0 Å². The maximum atomic E-state index is 5.98. The molecule has 0 bridgehead atoms. The predicted octanol–water partition coefficient (Wildman–Crippen LogP) is 2.60. The normalized spacial score (nSPS) is 30.1. The fourth-order valence-corrected chi connectivity index (χ4v) is 4.09. The molecule has 3 unspecified atom stereocenters. The summed E-state index contributed by atoms with van der Waals surface area (Å²) in [6.45, 7) is 4.38. The lowest BCUT2D eigenvalue weighted by molar-refractivity contribution is -0.327. The van der Waals surface area contributed by atoms with E-state index in [-0.39, 0.29) is 0 Å². The SMILES string of the molecule is COC(CCCC1CCC2OC2C1)(OC)O[SiH2]C(C)C. The summed E-state index contributed by atoms with van der Waals surface area (Å²) in [5.41, 5.74) is 0.613. The summed E-state index contributed by atoms with van der Waals surface area (Å²) in [4.78, 5) is 0. The number of fused-ring (bicyclic) bond motifs is 1. The summed E-state index contributed by atoms with van der Waals surface area (Å²) < 4.78 is 22.6. The number of rotatable bonds is 9. The van der Waals surface area contributed by atoms with Crippen molar-refractivity contribution >= 4 is 9.76 Å². The highest BCUT2D eigenvalue weighted by Crippen LogP contribution is 2.41. The molecule has 1 saturated heterocycles. The zero-order valence-electron chi connectivity index (χ0n) is 13.4. The van der Waals surface area contributed by atoms with E-state index in [1.54, 1.807) is 14.2 Å². The number of hydrogen-bond acceptors (Lipinski definition) is 4. The Morgan fingerprint density at radius 1 is 1.20 bits per heavy atom. The smallest absolute Gasteiger partial charge is 0.272 e. The third-order valence-electron chi connectivity index (χ3n) is 4.47. The van der Waals surface area contributed by atoms with E-state index in [2.05, 4.69) is 13.8 Å². The van der Waals surface area contributed by atoms with Crippen LogP contribution in [0.4, 0.5) is 0 Å². The van der Waals surface area contributed by atoms with Crippen molar-refractivity contribution < 1.29 is 18.6 Å². The van der Waals surface area contributed by atoms with Gasteiger partial charge in [-0.15, -0.1) is 0 Å². The molecule has 3 atom stereocenters. The second-order valence-electron chi connectivity index (χ2n) is 6.58. The van der Waals surface area contributed by atoms with Gasteiger partial charge >= 0.3 is 0 Å². The van der Waals surface area contributed by atoms with Crippen LogP contribution in [0.25, 0.3) is 0 Å². The van der Waals surface area contributed by atoms with Crippen LogP contribution >= 0.6 is 0 Å². The molecule has 2 rings (SSSR count). The van der Waals surface area contributed by atoms with E-state index in [4.69, 9.17) is 18.6 Å². The Morgan fingerprint density at radius 3 is 2.55 bits per heavy atom. The van der Waals surface area contributed by atoms with Gasteiger partial charge in [0.2, 0.25) is 0 Å². The van der Waals surface area contributed by atoms with Crippen LogP contribution in [0.1, 0.15) is 52.4 Å². The standard InChI is InChI=1S/C15H30O4Si/c1-11(2)20-19-15(16-3,17-4)9-5-6-12-7-8-13-14(10-12)18-13/h11-14H,5-10,20H2,1-4H3. The molecule has 4 nitrogen and oxygen atoms in total. The van der Waals surface area contributed by atoms with E-state index in [0.29, 0.717) is 17.7 Å². The molecule has 20 heavy (non-hydrogen) atoms. The van der Waals surface area contributed by atoms with Crippen molar-refractivity contribution in [2.75, 3.05) is 14.2 Å². The second kappa shape index (κ2) is 7.36. The minimum absolute atomic E-state index is 0.577. The Morgan fingerprint density at radius 2 is 1.95 bits per heavy atom. The van der Waals surface area contributed by atoms with Crippen LogP contribution in [-0.2, 0) is 18.6 Å². The molecule has 0 amide bonds. The van der Waals surface area contributed by atoms with Gasteiger partial charge in [0.1, 0.15) is 0 Å². The number of epoxide rings is 1. The first-order valence-corrected chi connectivity index (χ1v) is 9.37. The highest BCUT2D eigenvalue weighted by molar-refractivity contribution is 6.29. The fourth-order valence-electron chi connectivity index (χ4n) is 3.13. The van der Waals surface area contributed by atoms with E-state index >= 15 is 0 Å². The average molecular weight is 302 g/mol. The molecule has 2 fully saturated rings. The number of ether oxygens (including phenoxy) is 3. The van der Waals surface area contributed by atoms with Gasteiger partial charge in [0, 0.05) is 20.6 Å². The van der Waals surface area contributed by atoms with Crippen molar-refractivity contribution in [2.24, 2.45) is 5.92 Å². The zero-order chi connectivity index (χ0) is 14.6. The Hall–Kier alpha value is 0.0569. The predicted molar refractivity (Wildman–Crippen MR) is 81.3 cm³/mol. The van der Waals surface area contributed by atoms with Gasteiger partial charge in [-0.25, -0.2) is 0 Å². The number of hydrogen-bond donors (Lipinski definition) is 0. The monoisotopic (exact) mass is 302 g/mol. The van der Waals surface area contributed by atoms with Gasteiger partial charge in [-0.05, 0) is 37.1 Å². The van der Waals surface area contributed by atoms with E-state index in [1.807, 2.05) is 0 Å². The Balaban J connectivity index is 1.70. The van der Waals surface area contributed by atoms with Crippen molar-refractivity contribution in [1.29, 1.82) is 0 Å². The van der Waals surface area contributed by atoms with Crippen LogP contribution in [0.5, 0.6) is 0 Å². The van der Waals surface area contributed by atoms with Crippen molar-refractivity contribution in [2.45, 2.75) is 76.1 Å². The van der Waals surface area contributed by atoms with Gasteiger partial charge < -0.3 is 18.6 Å². The lowest BCUT2D eigenvalue weighted by Crippen LogP contribution is -2.39. The highest BCUT2D eigenvalue weighted by atomic mass is 28.2. The molecule has 0 aromatic rings. The lowest BCUT2D eigenvalue weighted by atomic mass is 9.86. The number of methoxy groups -OCH3 is 2. The largest absolute Gasteiger partial charge is 0.376 e. The van der Waals surface area contributed by atoms with E-state index in [9.17, 15) is 0 Å². The summed E-state index contributed by atoms with van der Waals surface area (Å²) in [5, 5.41) is 0. The lowest BCUT2D eigenvalue weighted by Gasteiger charge is -2.32. The minimum Gasteiger partial charge on any atom is -0.376 e. The van der Waals surface area contributed by atoms with Crippen molar-refractivity contribution in [3.8, 4) is 0 Å². The van der Waals surface area contributed by atoms with Crippen molar-refractivity contribution in [1.82, 2.24) is 0 Å². The van der Waals surface area contributed by atoms with E-state index < -0.39 is 15.7 Å². The molecule has 2 aliphatic rings. The molecule has 1 aliphatic heterocycles. The minimum atomic E-state index is -0.802. The summed E-state index contributed by atoms with van der Waals surface area (Å²) in [7, 11) is 2.76.